The van der Waals surface area contributed by atoms with E-state index in [1.54, 1.807) is 17.4 Å². The van der Waals surface area contributed by atoms with Gasteiger partial charge in [-0.3, -0.25) is 0 Å². The summed E-state index contributed by atoms with van der Waals surface area (Å²) in [7, 11) is -3.76. The molecular formula is C28H28Cl2N4O2S2. The van der Waals surface area contributed by atoms with Gasteiger partial charge in [-0.05, 0) is 54.5 Å². The summed E-state index contributed by atoms with van der Waals surface area (Å²) in [4.78, 5) is 14.9. The Morgan fingerprint density at radius 1 is 1.03 bits per heavy atom. The lowest BCUT2D eigenvalue weighted by Crippen LogP contribution is -2.49. The Morgan fingerprint density at radius 2 is 1.79 bits per heavy atom. The average molecular weight is 588 g/mol. The highest BCUT2D eigenvalue weighted by atomic mass is 35.5. The van der Waals surface area contributed by atoms with Gasteiger partial charge < -0.3 is 4.90 Å². The van der Waals surface area contributed by atoms with E-state index in [1.807, 2.05) is 18.2 Å². The van der Waals surface area contributed by atoms with Crippen LogP contribution in [0.1, 0.15) is 35.2 Å². The fourth-order valence-electron chi connectivity index (χ4n) is 5.41. The van der Waals surface area contributed by atoms with Crippen molar-refractivity contribution >= 4 is 60.6 Å². The van der Waals surface area contributed by atoms with Crippen molar-refractivity contribution in [3.63, 3.8) is 0 Å². The van der Waals surface area contributed by atoms with E-state index in [9.17, 15) is 8.42 Å². The van der Waals surface area contributed by atoms with Crippen LogP contribution >= 0.6 is 34.5 Å². The number of halogens is 2. The lowest BCUT2D eigenvalue weighted by molar-refractivity contribution is 0.384. The molecule has 0 N–H and O–H groups in total. The molecule has 1 unspecified atom stereocenters. The SMILES string of the molecule is CC1CCc2c(sc3nc(Cc4ccccc4)nc(N4CCN(S(=O)(=O)c5cc(Cl)ccc5Cl)CC4)c23)C1. The maximum atomic E-state index is 13.4. The Morgan fingerprint density at radius 3 is 2.55 bits per heavy atom. The molecule has 2 aromatic carbocycles. The largest absolute Gasteiger partial charge is 0.353 e. The number of anilines is 1. The van der Waals surface area contributed by atoms with Crippen LogP contribution in [0.2, 0.25) is 10.0 Å². The zero-order valence-corrected chi connectivity index (χ0v) is 24.2. The molecule has 1 saturated heterocycles. The van der Waals surface area contributed by atoms with Crippen molar-refractivity contribution in [2.75, 3.05) is 31.1 Å². The summed E-state index contributed by atoms with van der Waals surface area (Å²) < 4.78 is 28.3. The number of thiophene rings is 1. The van der Waals surface area contributed by atoms with Gasteiger partial charge in [-0.25, -0.2) is 18.4 Å². The number of rotatable bonds is 5. The number of hydrogen-bond acceptors (Lipinski definition) is 6. The van der Waals surface area contributed by atoms with Crippen molar-refractivity contribution in [1.82, 2.24) is 14.3 Å². The summed E-state index contributed by atoms with van der Waals surface area (Å²) in [5.74, 6) is 2.40. The Hall–Kier alpha value is -2.23. The summed E-state index contributed by atoms with van der Waals surface area (Å²) in [5, 5.41) is 1.68. The van der Waals surface area contributed by atoms with Crippen molar-refractivity contribution in [2.24, 2.45) is 5.92 Å². The highest BCUT2D eigenvalue weighted by molar-refractivity contribution is 7.89. The third kappa shape index (κ3) is 4.93. The third-order valence-electron chi connectivity index (χ3n) is 7.44. The third-order valence-corrected chi connectivity index (χ3v) is 11.2. The van der Waals surface area contributed by atoms with E-state index in [-0.39, 0.29) is 9.92 Å². The number of piperazine rings is 1. The van der Waals surface area contributed by atoms with Crippen molar-refractivity contribution in [3.05, 3.63) is 80.4 Å². The number of aromatic nitrogens is 2. The van der Waals surface area contributed by atoms with E-state index in [1.165, 1.54) is 32.4 Å². The van der Waals surface area contributed by atoms with Crippen molar-refractivity contribution in [3.8, 4) is 0 Å². The van der Waals surface area contributed by atoms with Gasteiger partial charge in [0.2, 0.25) is 10.0 Å². The predicted octanol–water partition coefficient (Wildman–Crippen LogP) is 6.22. The highest BCUT2D eigenvalue weighted by Crippen LogP contribution is 2.41. The summed E-state index contributed by atoms with van der Waals surface area (Å²) >= 11 is 14.1. The number of sulfonamides is 1. The minimum absolute atomic E-state index is 0.0516. The van der Waals surface area contributed by atoms with Gasteiger partial charge in [0, 0.05) is 42.5 Å². The summed E-state index contributed by atoms with van der Waals surface area (Å²) in [6.07, 6.45) is 3.93. The Bertz CT molecular complexity index is 1600. The first-order valence-electron chi connectivity index (χ1n) is 12.8. The molecule has 0 radical (unpaired) electrons. The molecule has 198 valence electrons. The van der Waals surface area contributed by atoms with Crippen LogP contribution in [-0.2, 0) is 29.3 Å². The first-order valence-corrected chi connectivity index (χ1v) is 15.9. The van der Waals surface area contributed by atoms with Crippen molar-refractivity contribution in [1.29, 1.82) is 0 Å². The maximum Gasteiger partial charge on any atom is 0.244 e. The second-order valence-electron chi connectivity index (χ2n) is 10.1. The molecule has 1 fully saturated rings. The van der Waals surface area contributed by atoms with Crippen LogP contribution in [0.15, 0.2) is 53.4 Å². The van der Waals surface area contributed by atoms with E-state index < -0.39 is 10.0 Å². The quantitative estimate of drug-likeness (QED) is 0.277. The molecule has 1 aliphatic heterocycles. The fourth-order valence-corrected chi connectivity index (χ4v) is 8.96. The van der Waals surface area contributed by atoms with Gasteiger partial charge in [-0.15, -0.1) is 11.3 Å². The lowest BCUT2D eigenvalue weighted by Gasteiger charge is -2.35. The minimum Gasteiger partial charge on any atom is -0.353 e. The van der Waals surface area contributed by atoms with E-state index in [0.29, 0.717) is 43.5 Å². The second kappa shape index (κ2) is 10.4. The molecule has 0 saturated carbocycles. The van der Waals surface area contributed by atoms with Crippen LogP contribution in [0, 0.1) is 5.92 Å². The van der Waals surface area contributed by atoms with Gasteiger partial charge in [0.05, 0.1) is 10.4 Å². The number of nitrogens with zero attached hydrogens (tertiary/aromatic N) is 4. The smallest absolute Gasteiger partial charge is 0.244 e. The van der Waals surface area contributed by atoms with Crippen LogP contribution in [0.25, 0.3) is 10.2 Å². The lowest BCUT2D eigenvalue weighted by atomic mass is 9.89. The Kier molecular flexibility index (Phi) is 7.12. The van der Waals surface area contributed by atoms with Crippen molar-refractivity contribution < 1.29 is 8.42 Å². The second-order valence-corrected chi connectivity index (χ2v) is 14.0. The highest BCUT2D eigenvalue weighted by Gasteiger charge is 2.33. The Labute approximate surface area is 237 Å². The van der Waals surface area contributed by atoms with Crippen LogP contribution < -0.4 is 4.90 Å². The van der Waals surface area contributed by atoms with Gasteiger partial charge in [-0.2, -0.15) is 4.31 Å². The zero-order chi connectivity index (χ0) is 26.4. The monoisotopic (exact) mass is 586 g/mol. The van der Waals surface area contributed by atoms with Crippen LogP contribution in [0.5, 0.6) is 0 Å². The minimum atomic E-state index is -3.76. The van der Waals surface area contributed by atoms with E-state index in [2.05, 4.69) is 24.0 Å². The molecule has 6 nitrogen and oxygen atoms in total. The van der Waals surface area contributed by atoms with Crippen LogP contribution in [0.3, 0.4) is 0 Å². The van der Waals surface area contributed by atoms with E-state index in [4.69, 9.17) is 33.2 Å². The van der Waals surface area contributed by atoms with Gasteiger partial charge in [0.1, 0.15) is 21.4 Å². The standard InChI is InChI=1S/C28H28Cl2N4O2S2/c1-18-7-9-21-23(15-18)37-28-26(21)27(31-25(32-28)16-19-5-3-2-4-6-19)33-11-13-34(14-12-33)38(35,36)24-17-20(29)8-10-22(24)30/h2-6,8,10,17-18H,7,9,11-16H2,1H3. The molecule has 6 rings (SSSR count). The average Bonchev–Trinajstić information content (AvgIpc) is 3.27. The molecule has 10 heteroatoms. The van der Waals surface area contributed by atoms with Gasteiger partial charge in [0.25, 0.3) is 0 Å². The fraction of sp³-hybridized carbons (Fsp3) is 0.357. The number of aryl methyl sites for hydroxylation is 1. The predicted molar refractivity (Wildman–Crippen MR) is 155 cm³/mol. The first-order chi connectivity index (χ1) is 18.3. The molecule has 3 heterocycles. The number of benzene rings is 2. The molecule has 0 bridgehead atoms. The molecule has 2 aromatic heterocycles. The number of hydrogen-bond donors (Lipinski definition) is 0. The van der Waals surface area contributed by atoms with Gasteiger partial charge in [-0.1, -0.05) is 60.5 Å². The number of fused-ring (bicyclic) bond motifs is 3. The van der Waals surface area contributed by atoms with Crippen LogP contribution in [-0.4, -0.2) is 48.9 Å². The Balaban J connectivity index is 1.33. The normalized spacial score (nSPS) is 18.6. The first kappa shape index (κ1) is 26.0. The molecule has 38 heavy (non-hydrogen) atoms. The molecular weight excluding hydrogens is 559 g/mol. The molecule has 1 atom stereocenters. The molecule has 1 aliphatic carbocycles. The van der Waals surface area contributed by atoms with Gasteiger partial charge >= 0.3 is 0 Å². The molecule has 2 aliphatic rings. The summed E-state index contributed by atoms with van der Waals surface area (Å²) in [6, 6.07) is 14.8. The molecule has 0 amide bonds. The molecule has 4 aromatic rings. The van der Waals surface area contributed by atoms with Crippen molar-refractivity contribution in [2.45, 2.75) is 37.5 Å². The topological polar surface area (TPSA) is 66.4 Å². The van der Waals surface area contributed by atoms with Crippen LogP contribution in [0.4, 0.5) is 5.82 Å². The summed E-state index contributed by atoms with van der Waals surface area (Å²) in [6.45, 7) is 4.07. The zero-order valence-electron chi connectivity index (χ0n) is 21.0. The van der Waals surface area contributed by atoms with Gasteiger partial charge in [0.15, 0.2) is 0 Å². The maximum absolute atomic E-state index is 13.4. The molecule has 0 spiro atoms. The summed E-state index contributed by atoms with van der Waals surface area (Å²) in [5.41, 5.74) is 2.55. The van der Waals surface area contributed by atoms with E-state index >= 15 is 0 Å². The van der Waals surface area contributed by atoms with E-state index in [0.717, 1.165) is 41.1 Å².